The Morgan fingerprint density at radius 1 is 0.615 bits per heavy atom. The van der Waals surface area contributed by atoms with Crippen molar-refractivity contribution in [3.8, 4) is 80.1 Å². The van der Waals surface area contributed by atoms with E-state index in [9.17, 15) is 95.2 Å². The summed E-state index contributed by atoms with van der Waals surface area (Å²) in [4.78, 5) is 81.9. The van der Waals surface area contributed by atoms with E-state index in [0.29, 0.717) is 30.3 Å². The van der Waals surface area contributed by atoms with Crippen molar-refractivity contribution in [2.75, 3.05) is 6.61 Å². The Kier molecular flexibility index (Phi) is 10.0. The van der Waals surface area contributed by atoms with Gasteiger partial charge in [-0.25, -0.2) is 19.2 Å². The smallest absolute Gasteiger partial charge is 0.344 e. The largest absolute Gasteiger partial charge is 0.504 e. The molecule has 1 fully saturated rings. The molecule has 8 rings (SSSR count). The van der Waals surface area contributed by atoms with Gasteiger partial charge >= 0.3 is 29.5 Å². The fraction of sp³-hybridized carbons (Fsp3) is 0.200. The highest BCUT2D eigenvalue weighted by Gasteiger charge is 2.54. The Balaban J connectivity index is 1.28. The highest BCUT2D eigenvalue weighted by atomic mass is 16.7. The van der Waals surface area contributed by atoms with Crippen LogP contribution in [0.15, 0.2) is 39.5 Å². The van der Waals surface area contributed by atoms with E-state index >= 15 is 0 Å². The molecule has 1 unspecified atom stereocenters. The maximum Gasteiger partial charge on any atom is 0.344 e. The number of aromatic hydroxyl groups is 12. The number of phenolic OH excluding ortho intramolecular Hbond substituents is 12. The average Bonchev–Trinajstić information content (AvgIpc) is 3.58. The molecule has 1 saturated heterocycles. The number of fused-ring (bicyclic) bond motifs is 8. The van der Waals surface area contributed by atoms with Gasteiger partial charge in [0.25, 0.3) is 0 Å². The van der Waals surface area contributed by atoms with Gasteiger partial charge in [-0.2, -0.15) is 0 Å². The molecule has 13 N–H and O–H groups in total. The van der Waals surface area contributed by atoms with Crippen molar-refractivity contribution in [1.29, 1.82) is 0 Å². The molecular weight excluding hydrogens is 880 g/mol. The molecule has 1 aromatic heterocycles. The Hall–Kier alpha value is -8.84. The molecule has 0 radical (unpaired) electrons. The number of aliphatic hydroxyl groups is 1. The van der Waals surface area contributed by atoms with Gasteiger partial charge in [0, 0.05) is 28.5 Å². The lowest BCUT2D eigenvalue weighted by atomic mass is 9.91. The second-order valence-corrected chi connectivity index (χ2v) is 14.5. The van der Waals surface area contributed by atoms with Gasteiger partial charge < -0.3 is 94.5 Å². The minimum atomic E-state index is -2.51. The van der Waals surface area contributed by atoms with Gasteiger partial charge in [-0.05, 0) is 30.3 Å². The number of carbonyl (C=O) groups is 5. The number of phenols is 12. The first-order valence-corrected chi connectivity index (χ1v) is 18.3. The zero-order chi connectivity index (χ0) is 47.2. The van der Waals surface area contributed by atoms with Gasteiger partial charge in [0.1, 0.15) is 18.8 Å². The molecule has 5 aromatic rings. The van der Waals surface area contributed by atoms with E-state index in [1.54, 1.807) is 0 Å². The normalized spacial score (nSPS) is 21.5. The number of carbonyl (C=O) groups excluding carboxylic acids is 5. The van der Waals surface area contributed by atoms with Gasteiger partial charge in [-0.1, -0.05) is 0 Å². The predicted octanol–water partition coefficient (Wildman–Crippen LogP) is 0.848. The molecule has 4 aromatic carbocycles. The van der Waals surface area contributed by atoms with Crippen LogP contribution in [0.25, 0.3) is 21.9 Å². The van der Waals surface area contributed by atoms with Crippen molar-refractivity contribution in [1.82, 2.24) is 0 Å². The number of hydrogen-bond acceptors (Lipinski definition) is 25. The molecule has 0 saturated carbocycles. The topological polar surface area (TPSA) is 425 Å². The van der Waals surface area contributed by atoms with Gasteiger partial charge in [-0.15, -0.1) is 0 Å². The Bertz CT molecular complexity index is 3000. The van der Waals surface area contributed by atoms with Crippen molar-refractivity contribution in [2.45, 2.75) is 43.0 Å². The Labute approximate surface area is 357 Å². The number of cyclic esters (lactones) is 1. The number of ether oxygens (including phenoxy) is 5. The van der Waals surface area contributed by atoms with Crippen LogP contribution >= 0.6 is 0 Å². The van der Waals surface area contributed by atoms with Gasteiger partial charge in [-0.3, -0.25) is 9.59 Å². The van der Waals surface area contributed by atoms with Crippen molar-refractivity contribution in [2.24, 2.45) is 0 Å². The van der Waals surface area contributed by atoms with E-state index in [0.717, 1.165) is 0 Å². The van der Waals surface area contributed by atoms with Crippen LogP contribution in [0.1, 0.15) is 59.5 Å². The van der Waals surface area contributed by atoms with E-state index in [-0.39, 0.29) is 0 Å². The molecule has 3 heterocycles. The predicted molar refractivity (Wildman–Crippen MR) is 202 cm³/mol. The van der Waals surface area contributed by atoms with Crippen LogP contribution in [0, 0.1) is 0 Å². The van der Waals surface area contributed by atoms with Crippen LogP contribution in [-0.4, -0.2) is 133 Å². The summed E-state index contributed by atoms with van der Waals surface area (Å²) in [6.45, 7) is -1.16. The number of Topliss-reactive ketones (excluding diaryl/α,β-unsaturated/α-hetero) is 1. The molecule has 1 aliphatic carbocycles. The second-order valence-electron chi connectivity index (χ2n) is 14.5. The summed E-state index contributed by atoms with van der Waals surface area (Å²) in [5.41, 5.74) is -6.78. The van der Waals surface area contributed by atoms with E-state index in [1.807, 2.05) is 0 Å². The van der Waals surface area contributed by atoms with Crippen molar-refractivity contribution in [3.63, 3.8) is 0 Å². The lowest BCUT2D eigenvalue weighted by molar-refractivity contribution is -0.288. The lowest BCUT2D eigenvalue weighted by Gasteiger charge is -2.43. The second kappa shape index (κ2) is 15.2. The standard InChI is InChI=1S/C40H28O25/c41-13-1-8(2-14(42)24(13)47)35(55)63-33-28(51)19-7-60-36(56)9-3-15(43)25(48)29(52)20(9)21-10(4-16(44)26(49)30(21)53)39(59)65-40(61-19)34(33)64-38(58)12-6-18(46)32-23(12)22-11(37(57)62-32)5-17(45)27(50)31(22)54/h1-5,12,19,28,33-34,40-45,47-54H,6-7H2/t12?,19-,28-,33+,34-,40+/m1/s1. The molecule has 2 aliphatic heterocycles. The zero-order valence-corrected chi connectivity index (χ0v) is 32.0. The number of benzene rings is 4. The van der Waals surface area contributed by atoms with Crippen LogP contribution in [-0.2, 0) is 28.5 Å². The third kappa shape index (κ3) is 6.73. The number of ketones is 1. The van der Waals surface area contributed by atoms with Crippen LogP contribution in [0.3, 0.4) is 0 Å². The van der Waals surface area contributed by atoms with Crippen molar-refractivity contribution >= 4 is 40.4 Å². The molecule has 25 heteroatoms. The van der Waals surface area contributed by atoms with Crippen molar-refractivity contribution in [3.05, 3.63) is 68.8 Å². The molecule has 0 spiro atoms. The third-order valence-corrected chi connectivity index (χ3v) is 10.7. The fourth-order valence-electron chi connectivity index (χ4n) is 7.55. The monoisotopic (exact) mass is 908 g/mol. The first kappa shape index (κ1) is 42.8. The first-order chi connectivity index (χ1) is 30.6. The summed E-state index contributed by atoms with van der Waals surface area (Å²) in [5, 5.41) is 135. The molecule has 6 atom stereocenters. The maximum absolute atomic E-state index is 14.3. The van der Waals surface area contributed by atoms with Crippen molar-refractivity contribution < 1.29 is 118 Å². The average molecular weight is 909 g/mol. The molecular formula is C40H28O25. The molecule has 0 amide bonds. The van der Waals surface area contributed by atoms with Crippen LogP contribution in [0.4, 0.5) is 0 Å². The number of aliphatic hydroxyl groups excluding tert-OH is 1. The minimum absolute atomic E-state index is 0.411. The van der Waals surface area contributed by atoms with Gasteiger partial charge in [0.05, 0.1) is 28.0 Å². The third-order valence-electron chi connectivity index (χ3n) is 10.7. The van der Waals surface area contributed by atoms with E-state index in [4.69, 9.17) is 28.1 Å². The Morgan fingerprint density at radius 3 is 1.75 bits per heavy atom. The summed E-state index contributed by atoms with van der Waals surface area (Å²) >= 11 is 0. The highest BCUT2D eigenvalue weighted by molar-refractivity contribution is 6.11. The molecule has 65 heavy (non-hydrogen) atoms. The molecule has 2 bridgehead atoms. The number of rotatable bonds is 4. The van der Waals surface area contributed by atoms with E-state index < -0.39 is 204 Å². The summed E-state index contributed by atoms with van der Waals surface area (Å²) in [6.07, 6.45) is -12.7. The van der Waals surface area contributed by atoms with Crippen LogP contribution in [0.5, 0.6) is 69.0 Å². The summed E-state index contributed by atoms with van der Waals surface area (Å²) in [6, 6.07) is 2.71. The van der Waals surface area contributed by atoms with Crippen LogP contribution < -0.4 is 5.63 Å². The van der Waals surface area contributed by atoms with Crippen LogP contribution in [0.2, 0.25) is 0 Å². The van der Waals surface area contributed by atoms with E-state index in [2.05, 4.69) is 0 Å². The maximum atomic E-state index is 14.3. The minimum Gasteiger partial charge on any atom is -0.504 e. The quantitative estimate of drug-likeness (QED) is 0.0675. The summed E-state index contributed by atoms with van der Waals surface area (Å²) < 4.78 is 32.7. The molecule has 338 valence electrons. The summed E-state index contributed by atoms with van der Waals surface area (Å²) in [5.74, 6) is -25.0. The number of hydrogen-bond donors (Lipinski definition) is 13. The first-order valence-electron chi connectivity index (χ1n) is 18.3. The number of esters is 4. The Morgan fingerprint density at radius 2 is 1.15 bits per heavy atom. The summed E-state index contributed by atoms with van der Waals surface area (Å²) in [7, 11) is 0. The SMILES string of the molecule is O=C(O[C@H]1[C@H](O)[C@H]2COC(=O)c3cc(O)c(O)c(O)c3-c3c(cc(O)c(O)c3O)C(=O)O[C@H](O2)[C@@H]1OC(=O)C1CC(=O)c2oc(=O)c3cc(O)c(O)c(O)c3c21)c1cc(O)c(O)c(O)c1. The fourth-order valence-corrected chi connectivity index (χ4v) is 7.55. The lowest BCUT2D eigenvalue weighted by Crippen LogP contribution is -2.62. The highest BCUT2D eigenvalue weighted by Crippen LogP contribution is 2.53. The molecule has 3 aliphatic rings. The molecule has 25 nitrogen and oxygen atoms in total. The van der Waals surface area contributed by atoms with Gasteiger partial charge in [0.2, 0.25) is 29.6 Å². The van der Waals surface area contributed by atoms with E-state index in [1.165, 1.54) is 0 Å². The van der Waals surface area contributed by atoms with Gasteiger partial charge in [0.15, 0.2) is 69.4 Å². The zero-order valence-electron chi connectivity index (χ0n) is 32.0.